The molecule has 2 rings (SSSR count). The van der Waals surface area contributed by atoms with Crippen LogP contribution >= 0.6 is 0 Å². The Hall–Kier alpha value is -1.87. The highest BCUT2D eigenvalue weighted by molar-refractivity contribution is 5.42. The highest BCUT2D eigenvalue weighted by Crippen LogP contribution is 2.31. The zero-order valence-corrected chi connectivity index (χ0v) is 10.4. The summed E-state index contributed by atoms with van der Waals surface area (Å²) in [6.45, 7) is 1.91. The van der Waals surface area contributed by atoms with E-state index in [4.69, 9.17) is 4.74 Å². The summed E-state index contributed by atoms with van der Waals surface area (Å²) < 4.78 is 18.4. The highest BCUT2D eigenvalue weighted by Gasteiger charge is 2.17. The summed E-state index contributed by atoms with van der Waals surface area (Å²) in [5.74, 6) is 0.0885. The predicted octanol–water partition coefficient (Wildman–Crippen LogP) is 3.22. The van der Waals surface area contributed by atoms with E-state index in [1.54, 1.807) is 0 Å². The predicted molar refractivity (Wildman–Crippen MR) is 68.2 cm³/mol. The van der Waals surface area contributed by atoms with E-state index < -0.39 is 11.9 Å². The van der Waals surface area contributed by atoms with Crippen molar-refractivity contribution in [3.63, 3.8) is 0 Å². The Morgan fingerprint density at radius 3 is 2.50 bits per heavy atom. The standard InChI is InChI=1S/C15H15FO2/c1-10-5-3-4-6-12(10)15(17)13-9-11(16)7-8-14(13)18-2/h3-9,15,17H,1-2H3. The van der Waals surface area contributed by atoms with Gasteiger partial charge in [-0.3, -0.25) is 0 Å². The Bertz CT molecular complexity index is 552. The van der Waals surface area contributed by atoms with Gasteiger partial charge in [-0.1, -0.05) is 24.3 Å². The number of hydrogen-bond acceptors (Lipinski definition) is 2. The number of aliphatic hydroxyl groups excluding tert-OH is 1. The fourth-order valence-electron chi connectivity index (χ4n) is 1.98. The Morgan fingerprint density at radius 1 is 1.11 bits per heavy atom. The Balaban J connectivity index is 2.48. The molecule has 0 aromatic heterocycles. The zero-order chi connectivity index (χ0) is 13.1. The molecular weight excluding hydrogens is 231 g/mol. The fourth-order valence-corrected chi connectivity index (χ4v) is 1.98. The molecule has 0 spiro atoms. The van der Waals surface area contributed by atoms with Gasteiger partial charge in [0.1, 0.15) is 17.7 Å². The van der Waals surface area contributed by atoms with E-state index in [0.717, 1.165) is 11.1 Å². The van der Waals surface area contributed by atoms with Crippen molar-refractivity contribution >= 4 is 0 Å². The smallest absolute Gasteiger partial charge is 0.125 e. The van der Waals surface area contributed by atoms with Crippen LogP contribution in [0.25, 0.3) is 0 Å². The number of ether oxygens (including phenoxy) is 1. The van der Waals surface area contributed by atoms with Crippen LogP contribution in [0.1, 0.15) is 22.8 Å². The van der Waals surface area contributed by atoms with Crippen molar-refractivity contribution in [3.8, 4) is 5.75 Å². The molecule has 94 valence electrons. The average molecular weight is 246 g/mol. The SMILES string of the molecule is COc1ccc(F)cc1C(O)c1ccccc1C. The van der Waals surface area contributed by atoms with Crippen LogP contribution in [0.5, 0.6) is 5.75 Å². The van der Waals surface area contributed by atoms with Crippen LogP contribution in [0.15, 0.2) is 42.5 Å². The number of methoxy groups -OCH3 is 1. The molecule has 0 aliphatic rings. The molecule has 0 heterocycles. The maximum Gasteiger partial charge on any atom is 0.125 e. The first-order valence-electron chi connectivity index (χ1n) is 5.70. The van der Waals surface area contributed by atoms with Crippen LogP contribution in [-0.2, 0) is 0 Å². The van der Waals surface area contributed by atoms with Crippen molar-refractivity contribution < 1.29 is 14.2 Å². The van der Waals surface area contributed by atoms with Crippen LogP contribution in [0.3, 0.4) is 0 Å². The minimum absolute atomic E-state index is 0.390. The van der Waals surface area contributed by atoms with E-state index in [1.807, 2.05) is 31.2 Å². The summed E-state index contributed by atoms with van der Waals surface area (Å²) in [4.78, 5) is 0. The van der Waals surface area contributed by atoms with Gasteiger partial charge in [-0.05, 0) is 36.2 Å². The second-order valence-corrected chi connectivity index (χ2v) is 4.15. The van der Waals surface area contributed by atoms with E-state index in [2.05, 4.69) is 0 Å². The maximum absolute atomic E-state index is 13.3. The lowest BCUT2D eigenvalue weighted by atomic mass is 9.97. The molecule has 1 unspecified atom stereocenters. The van der Waals surface area contributed by atoms with Crippen molar-refractivity contribution in [1.82, 2.24) is 0 Å². The summed E-state index contributed by atoms with van der Waals surface area (Å²) >= 11 is 0. The van der Waals surface area contributed by atoms with Gasteiger partial charge in [0.25, 0.3) is 0 Å². The molecule has 0 saturated carbocycles. The highest BCUT2D eigenvalue weighted by atomic mass is 19.1. The Labute approximate surface area is 106 Å². The lowest BCUT2D eigenvalue weighted by Gasteiger charge is -2.17. The lowest BCUT2D eigenvalue weighted by Crippen LogP contribution is -2.04. The number of benzene rings is 2. The molecule has 18 heavy (non-hydrogen) atoms. The third-order valence-electron chi connectivity index (χ3n) is 2.97. The molecule has 0 bridgehead atoms. The van der Waals surface area contributed by atoms with Crippen molar-refractivity contribution in [3.05, 3.63) is 65.0 Å². The molecule has 0 fully saturated rings. The largest absolute Gasteiger partial charge is 0.496 e. The van der Waals surface area contributed by atoms with Crippen LogP contribution in [0, 0.1) is 12.7 Å². The topological polar surface area (TPSA) is 29.5 Å². The van der Waals surface area contributed by atoms with Crippen molar-refractivity contribution in [2.45, 2.75) is 13.0 Å². The van der Waals surface area contributed by atoms with Crippen molar-refractivity contribution in [2.75, 3.05) is 7.11 Å². The van der Waals surface area contributed by atoms with Crippen LogP contribution in [0.4, 0.5) is 4.39 Å². The van der Waals surface area contributed by atoms with E-state index in [0.29, 0.717) is 11.3 Å². The minimum atomic E-state index is -0.892. The number of aryl methyl sites for hydroxylation is 1. The van der Waals surface area contributed by atoms with E-state index in [9.17, 15) is 9.50 Å². The monoisotopic (exact) mass is 246 g/mol. The first-order chi connectivity index (χ1) is 8.63. The van der Waals surface area contributed by atoms with Gasteiger partial charge in [0.2, 0.25) is 0 Å². The zero-order valence-electron chi connectivity index (χ0n) is 10.4. The van der Waals surface area contributed by atoms with Gasteiger partial charge in [0.15, 0.2) is 0 Å². The van der Waals surface area contributed by atoms with Gasteiger partial charge in [-0.15, -0.1) is 0 Å². The average Bonchev–Trinajstić information content (AvgIpc) is 2.38. The van der Waals surface area contributed by atoms with Crippen molar-refractivity contribution in [2.24, 2.45) is 0 Å². The molecule has 2 aromatic carbocycles. The summed E-state index contributed by atoms with van der Waals surface area (Å²) in [7, 11) is 1.50. The van der Waals surface area contributed by atoms with E-state index in [-0.39, 0.29) is 0 Å². The number of aliphatic hydroxyl groups is 1. The van der Waals surface area contributed by atoms with Gasteiger partial charge in [0.05, 0.1) is 7.11 Å². The summed E-state index contributed by atoms with van der Waals surface area (Å²) in [6.07, 6.45) is -0.892. The molecule has 2 nitrogen and oxygen atoms in total. The third-order valence-corrected chi connectivity index (χ3v) is 2.97. The van der Waals surface area contributed by atoms with E-state index >= 15 is 0 Å². The Kier molecular flexibility index (Phi) is 3.63. The van der Waals surface area contributed by atoms with Gasteiger partial charge in [-0.2, -0.15) is 0 Å². The quantitative estimate of drug-likeness (QED) is 0.901. The second kappa shape index (κ2) is 5.19. The summed E-state index contributed by atoms with van der Waals surface area (Å²) in [6, 6.07) is 11.6. The molecule has 3 heteroatoms. The number of halogens is 1. The molecule has 1 N–H and O–H groups in total. The van der Waals surface area contributed by atoms with Gasteiger partial charge in [0, 0.05) is 5.56 Å². The lowest BCUT2D eigenvalue weighted by molar-refractivity contribution is 0.213. The molecule has 2 aromatic rings. The van der Waals surface area contributed by atoms with Crippen LogP contribution in [0.2, 0.25) is 0 Å². The Morgan fingerprint density at radius 2 is 1.83 bits per heavy atom. The van der Waals surface area contributed by atoms with Crippen LogP contribution in [-0.4, -0.2) is 12.2 Å². The first kappa shape index (κ1) is 12.6. The van der Waals surface area contributed by atoms with E-state index in [1.165, 1.54) is 25.3 Å². The van der Waals surface area contributed by atoms with Gasteiger partial charge < -0.3 is 9.84 Å². The molecule has 0 amide bonds. The molecule has 0 aliphatic carbocycles. The van der Waals surface area contributed by atoms with Crippen molar-refractivity contribution in [1.29, 1.82) is 0 Å². The number of rotatable bonds is 3. The summed E-state index contributed by atoms with van der Waals surface area (Å²) in [5.41, 5.74) is 2.14. The maximum atomic E-state index is 13.3. The molecule has 0 radical (unpaired) electrons. The van der Waals surface area contributed by atoms with Crippen LogP contribution < -0.4 is 4.74 Å². The first-order valence-corrected chi connectivity index (χ1v) is 5.70. The molecular formula is C15H15FO2. The fraction of sp³-hybridized carbons (Fsp3) is 0.200. The second-order valence-electron chi connectivity index (χ2n) is 4.15. The third kappa shape index (κ3) is 2.36. The molecule has 0 saturated heterocycles. The van der Waals surface area contributed by atoms with Gasteiger partial charge >= 0.3 is 0 Å². The van der Waals surface area contributed by atoms with Gasteiger partial charge in [-0.25, -0.2) is 4.39 Å². The minimum Gasteiger partial charge on any atom is -0.496 e. The number of hydrogen-bond donors (Lipinski definition) is 1. The molecule has 0 aliphatic heterocycles. The summed E-state index contributed by atoms with van der Waals surface area (Å²) in [5, 5.41) is 10.4. The normalized spacial score (nSPS) is 12.2. The molecule has 1 atom stereocenters.